The van der Waals surface area contributed by atoms with Crippen molar-refractivity contribution >= 4 is 23.3 Å². The monoisotopic (exact) mass is 393 g/mol. The van der Waals surface area contributed by atoms with Gasteiger partial charge in [-0.2, -0.15) is 0 Å². The molecule has 4 nitrogen and oxygen atoms in total. The van der Waals surface area contributed by atoms with E-state index in [9.17, 15) is 4.79 Å². The van der Waals surface area contributed by atoms with Crippen LogP contribution in [0, 0.1) is 0 Å². The number of nitrogens with one attached hydrogen (secondary N) is 1. The quantitative estimate of drug-likeness (QED) is 0.522. The van der Waals surface area contributed by atoms with Crippen LogP contribution < -0.4 is 5.32 Å². The number of urea groups is 1. The molecule has 0 fully saturated rings. The van der Waals surface area contributed by atoms with Gasteiger partial charge in [-0.05, 0) is 53.9 Å². The number of rotatable bonds is 7. The Hall–Kier alpha value is -2.85. The molecular weight excluding hydrogens is 370 g/mol. The molecule has 0 saturated carbocycles. The number of hydrogen-bond acceptors (Lipinski definition) is 2. The summed E-state index contributed by atoms with van der Waals surface area (Å²) in [7, 11) is 0. The molecule has 28 heavy (non-hydrogen) atoms. The van der Waals surface area contributed by atoms with E-state index in [0.29, 0.717) is 11.6 Å². The molecule has 1 heterocycles. The molecule has 1 aromatic heterocycles. The fourth-order valence-corrected chi connectivity index (χ4v) is 3.26. The van der Waals surface area contributed by atoms with Crippen LogP contribution in [-0.4, -0.2) is 22.5 Å². The van der Waals surface area contributed by atoms with E-state index in [1.54, 1.807) is 24.5 Å². The Kier molecular flexibility index (Phi) is 7.04. The summed E-state index contributed by atoms with van der Waals surface area (Å²) in [5.74, 6) is 0. The second-order valence-corrected chi connectivity index (χ2v) is 7.01. The molecular formula is C23H24ClN3O. The lowest BCUT2D eigenvalue weighted by Gasteiger charge is -2.32. The summed E-state index contributed by atoms with van der Waals surface area (Å²) in [5, 5.41) is 3.65. The summed E-state index contributed by atoms with van der Waals surface area (Å²) in [6.45, 7) is 2.77. The van der Waals surface area contributed by atoms with Gasteiger partial charge in [0.15, 0.2) is 0 Å². The second kappa shape index (κ2) is 9.90. The Labute approximate surface area is 171 Å². The van der Waals surface area contributed by atoms with Crippen LogP contribution in [0.4, 0.5) is 10.5 Å². The van der Waals surface area contributed by atoms with E-state index in [0.717, 1.165) is 29.7 Å². The third kappa shape index (κ3) is 5.11. The minimum atomic E-state index is -0.192. The van der Waals surface area contributed by atoms with Gasteiger partial charge in [-0.3, -0.25) is 4.98 Å². The molecule has 0 bridgehead atoms. The molecule has 2 aromatic carbocycles. The number of amides is 2. The third-order valence-corrected chi connectivity index (χ3v) is 4.81. The molecule has 5 heteroatoms. The zero-order valence-electron chi connectivity index (χ0n) is 15.9. The topological polar surface area (TPSA) is 45.2 Å². The maximum atomic E-state index is 13.3. The molecule has 0 aliphatic carbocycles. The van der Waals surface area contributed by atoms with E-state index in [-0.39, 0.29) is 12.1 Å². The van der Waals surface area contributed by atoms with Crippen molar-refractivity contribution in [2.24, 2.45) is 0 Å². The lowest BCUT2D eigenvalue weighted by atomic mass is 9.98. The lowest BCUT2D eigenvalue weighted by molar-refractivity contribution is 0.197. The Morgan fingerprint density at radius 1 is 1.00 bits per heavy atom. The van der Waals surface area contributed by atoms with E-state index in [1.165, 1.54) is 0 Å². The fourth-order valence-electron chi connectivity index (χ4n) is 3.14. The van der Waals surface area contributed by atoms with Gasteiger partial charge in [0.25, 0.3) is 0 Å². The molecule has 0 radical (unpaired) electrons. The molecule has 1 N–H and O–H groups in total. The van der Waals surface area contributed by atoms with E-state index < -0.39 is 0 Å². The Morgan fingerprint density at radius 2 is 1.64 bits per heavy atom. The number of anilines is 1. The molecule has 0 saturated heterocycles. The normalized spacial score (nSPS) is 11.6. The van der Waals surface area contributed by atoms with Crippen molar-refractivity contribution in [2.75, 3.05) is 11.9 Å². The van der Waals surface area contributed by atoms with E-state index in [2.05, 4.69) is 29.4 Å². The van der Waals surface area contributed by atoms with E-state index in [4.69, 9.17) is 11.6 Å². The zero-order valence-corrected chi connectivity index (χ0v) is 16.6. The zero-order chi connectivity index (χ0) is 19.8. The number of halogens is 1. The van der Waals surface area contributed by atoms with E-state index in [1.807, 2.05) is 47.4 Å². The average molecular weight is 394 g/mol. The van der Waals surface area contributed by atoms with Gasteiger partial charge in [0.05, 0.1) is 6.04 Å². The predicted octanol–water partition coefficient (Wildman–Crippen LogP) is 6.16. The van der Waals surface area contributed by atoms with Gasteiger partial charge in [-0.15, -0.1) is 0 Å². The van der Waals surface area contributed by atoms with Crippen LogP contribution in [0.1, 0.15) is 36.9 Å². The van der Waals surface area contributed by atoms with Crippen molar-refractivity contribution in [1.29, 1.82) is 0 Å². The van der Waals surface area contributed by atoms with Crippen LogP contribution in [0.5, 0.6) is 0 Å². The minimum absolute atomic E-state index is 0.138. The van der Waals surface area contributed by atoms with Gasteiger partial charge in [-0.25, -0.2) is 4.79 Å². The highest BCUT2D eigenvalue weighted by atomic mass is 35.5. The van der Waals surface area contributed by atoms with Crippen molar-refractivity contribution in [2.45, 2.75) is 25.8 Å². The number of nitrogens with zero attached hydrogens (tertiary/aromatic N) is 2. The molecule has 3 rings (SSSR count). The average Bonchev–Trinajstić information content (AvgIpc) is 2.74. The summed E-state index contributed by atoms with van der Waals surface area (Å²) in [4.78, 5) is 19.3. The van der Waals surface area contributed by atoms with Crippen molar-refractivity contribution in [3.63, 3.8) is 0 Å². The first-order valence-electron chi connectivity index (χ1n) is 9.47. The number of carbonyl (C=O) groups excluding carboxylic acids is 1. The molecule has 0 unspecified atom stereocenters. The number of carbonyl (C=O) groups is 1. The summed E-state index contributed by atoms with van der Waals surface area (Å²) < 4.78 is 0. The summed E-state index contributed by atoms with van der Waals surface area (Å²) in [5.41, 5.74) is 2.82. The predicted molar refractivity (Wildman–Crippen MR) is 115 cm³/mol. The first kappa shape index (κ1) is 19.9. The Morgan fingerprint density at radius 3 is 2.29 bits per heavy atom. The van der Waals surface area contributed by atoms with Crippen LogP contribution in [-0.2, 0) is 0 Å². The highest BCUT2D eigenvalue weighted by Crippen LogP contribution is 2.29. The molecule has 0 spiro atoms. The van der Waals surface area contributed by atoms with Gasteiger partial charge >= 0.3 is 6.03 Å². The molecule has 1 atom stereocenters. The van der Waals surface area contributed by atoms with Crippen molar-refractivity contribution in [1.82, 2.24) is 9.88 Å². The number of unbranched alkanes of at least 4 members (excludes halogenated alkanes) is 1. The van der Waals surface area contributed by atoms with Gasteiger partial charge in [0, 0.05) is 29.6 Å². The van der Waals surface area contributed by atoms with Crippen LogP contribution in [0.15, 0.2) is 79.1 Å². The first-order valence-corrected chi connectivity index (χ1v) is 9.85. The maximum absolute atomic E-state index is 13.3. The Bertz CT molecular complexity index is 830. The summed E-state index contributed by atoms with van der Waals surface area (Å²) >= 11 is 5.96. The molecule has 2 amide bonds. The van der Waals surface area contributed by atoms with Crippen LogP contribution in [0.2, 0.25) is 5.02 Å². The maximum Gasteiger partial charge on any atom is 0.322 e. The summed E-state index contributed by atoms with van der Waals surface area (Å²) in [6.07, 6.45) is 5.45. The third-order valence-electron chi connectivity index (χ3n) is 4.56. The van der Waals surface area contributed by atoms with Crippen LogP contribution >= 0.6 is 11.6 Å². The standard InChI is InChI=1S/C23H24ClN3O/c1-2-3-17-27(23(28)26-21-11-9-20(24)10-12-21)22(18-7-5-4-6-8-18)19-13-15-25-16-14-19/h4-16,22H,2-3,17H2,1H3,(H,26,28)/t22-/m1/s1. The van der Waals surface area contributed by atoms with Gasteiger partial charge in [-0.1, -0.05) is 55.3 Å². The number of hydrogen-bond donors (Lipinski definition) is 1. The molecule has 144 valence electrons. The van der Waals surface area contributed by atoms with Gasteiger partial charge in [0.2, 0.25) is 0 Å². The smallest absolute Gasteiger partial charge is 0.313 e. The molecule has 0 aliphatic heterocycles. The lowest BCUT2D eigenvalue weighted by Crippen LogP contribution is -2.39. The number of aromatic nitrogens is 1. The highest BCUT2D eigenvalue weighted by Gasteiger charge is 2.26. The van der Waals surface area contributed by atoms with Crippen LogP contribution in [0.25, 0.3) is 0 Å². The highest BCUT2D eigenvalue weighted by molar-refractivity contribution is 6.30. The second-order valence-electron chi connectivity index (χ2n) is 6.58. The summed E-state index contributed by atoms with van der Waals surface area (Å²) in [6, 6.07) is 20.8. The van der Waals surface area contributed by atoms with Gasteiger partial charge in [0.1, 0.15) is 0 Å². The Balaban J connectivity index is 1.95. The van der Waals surface area contributed by atoms with Crippen molar-refractivity contribution in [3.8, 4) is 0 Å². The number of pyridine rings is 1. The van der Waals surface area contributed by atoms with Gasteiger partial charge < -0.3 is 10.2 Å². The molecule has 0 aliphatic rings. The minimum Gasteiger partial charge on any atom is -0.313 e. The number of benzene rings is 2. The van der Waals surface area contributed by atoms with E-state index >= 15 is 0 Å². The van der Waals surface area contributed by atoms with Crippen molar-refractivity contribution in [3.05, 3.63) is 95.3 Å². The largest absolute Gasteiger partial charge is 0.322 e. The van der Waals surface area contributed by atoms with Crippen LogP contribution in [0.3, 0.4) is 0 Å². The fraction of sp³-hybridized carbons (Fsp3) is 0.217. The SMILES string of the molecule is CCCCN(C(=O)Nc1ccc(Cl)cc1)[C@H](c1ccccc1)c1ccncc1. The first-order chi connectivity index (χ1) is 13.7. The van der Waals surface area contributed by atoms with Crippen molar-refractivity contribution < 1.29 is 4.79 Å². The molecule has 3 aromatic rings.